The van der Waals surface area contributed by atoms with Crippen molar-refractivity contribution in [3.8, 4) is 0 Å². The number of rotatable bonds is 2. The molecule has 0 radical (unpaired) electrons. The zero-order valence-electron chi connectivity index (χ0n) is 13.1. The van der Waals surface area contributed by atoms with Crippen molar-refractivity contribution >= 4 is 5.91 Å². The summed E-state index contributed by atoms with van der Waals surface area (Å²) < 4.78 is 7.68. The van der Waals surface area contributed by atoms with Crippen LogP contribution in [0.3, 0.4) is 0 Å². The van der Waals surface area contributed by atoms with E-state index in [1.54, 1.807) is 6.20 Å². The Hall–Kier alpha value is -2.21. The second-order valence-electron chi connectivity index (χ2n) is 5.87. The first-order chi connectivity index (χ1) is 11.3. The minimum Gasteiger partial charge on any atom is -0.373 e. The van der Waals surface area contributed by atoms with Crippen LogP contribution in [-0.4, -0.2) is 33.5 Å². The Labute approximate surface area is 135 Å². The summed E-state index contributed by atoms with van der Waals surface area (Å²) in [6.07, 6.45) is 4.81. The molecule has 1 aromatic heterocycles. The quantitative estimate of drug-likeness (QED) is 0.916. The van der Waals surface area contributed by atoms with Crippen LogP contribution >= 0.6 is 0 Å². The number of ether oxygens (including phenoxy) is 1. The molecule has 0 aliphatic carbocycles. The van der Waals surface area contributed by atoms with Gasteiger partial charge in [0, 0.05) is 13.0 Å². The number of benzene rings is 1. The van der Waals surface area contributed by atoms with Gasteiger partial charge in [-0.2, -0.15) is 0 Å². The Morgan fingerprint density at radius 2 is 2.13 bits per heavy atom. The molecule has 0 bridgehead atoms. The summed E-state index contributed by atoms with van der Waals surface area (Å²) in [7, 11) is 0. The number of nitrogens with one attached hydrogen (secondary N) is 1. The molecule has 23 heavy (non-hydrogen) atoms. The predicted molar refractivity (Wildman–Crippen MR) is 85.6 cm³/mol. The minimum atomic E-state index is -0.0198. The van der Waals surface area contributed by atoms with Gasteiger partial charge in [-0.15, -0.1) is 5.10 Å². The fraction of sp³-hybridized carbons (Fsp3) is 0.471. The van der Waals surface area contributed by atoms with Gasteiger partial charge in [-0.1, -0.05) is 35.5 Å². The highest BCUT2D eigenvalue weighted by molar-refractivity contribution is 5.76. The van der Waals surface area contributed by atoms with Gasteiger partial charge in [-0.25, -0.2) is 4.68 Å². The summed E-state index contributed by atoms with van der Waals surface area (Å²) in [6.45, 7) is 1.72. The van der Waals surface area contributed by atoms with E-state index in [9.17, 15) is 4.79 Å². The van der Waals surface area contributed by atoms with Crippen molar-refractivity contribution in [2.75, 3.05) is 6.61 Å². The Morgan fingerprint density at radius 1 is 1.26 bits per heavy atom. The lowest BCUT2D eigenvalue weighted by Gasteiger charge is -2.20. The molecular formula is C17H22N4O2. The van der Waals surface area contributed by atoms with E-state index in [4.69, 9.17) is 4.74 Å². The number of fused-ring (bicyclic) bond motifs is 1. The molecule has 1 aliphatic rings. The second kappa shape index (κ2) is 7.87. The number of carbonyl (C=O) groups excluding carboxylic acids is 1. The van der Waals surface area contributed by atoms with Gasteiger partial charge in [0.15, 0.2) is 0 Å². The number of hydrogen-bond donors (Lipinski definition) is 1. The van der Waals surface area contributed by atoms with Gasteiger partial charge in [0.1, 0.15) is 0 Å². The first-order valence-electron chi connectivity index (χ1n) is 8.09. The van der Waals surface area contributed by atoms with Crippen molar-refractivity contribution in [2.24, 2.45) is 0 Å². The Morgan fingerprint density at radius 3 is 3.00 bits per heavy atom. The van der Waals surface area contributed by atoms with Gasteiger partial charge in [0.25, 0.3) is 0 Å². The van der Waals surface area contributed by atoms with Crippen LogP contribution in [0.2, 0.25) is 0 Å². The topological polar surface area (TPSA) is 69.0 Å². The van der Waals surface area contributed by atoms with Crippen LogP contribution in [0.15, 0.2) is 36.5 Å². The number of nitrogens with zero attached hydrogens (tertiary/aromatic N) is 3. The van der Waals surface area contributed by atoms with E-state index < -0.39 is 0 Å². The van der Waals surface area contributed by atoms with E-state index >= 15 is 0 Å². The number of hydrogen-bond acceptors (Lipinski definition) is 4. The Balaban J connectivity index is 1.67. The summed E-state index contributed by atoms with van der Waals surface area (Å²) in [5.41, 5.74) is 2.18. The second-order valence-corrected chi connectivity index (χ2v) is 5.87. The first kappa shape index (κ1) is 15.7. The van der Waals surface area contributed by atoms with E-state index in [0.717, 1.165) is 31.5 Å². The zero-order valence-corrected chi connectivity index (χ0v) is 13.1. The Kier molecular flexibility index (Phi) is 5.37. The van der Waals surface area contributed by atoms with Gasteiger partial charge < -0.3 is 10.1 Å². The Bertz CT molecular complexity index is 627. The average Bonchev–Trinajstić information content (AvgIpc) is 2.99. The highest BCUT2D eigenvalue weighted by Gasteiger charge is 2.15. The first-order valence-corrected chi connectivity index (χ1v) is 8.09. The molecule has 3 rings (SSSR count). The molecule has 0 saturated heterocycles. The molecule has 1 atom stereocenters. The van der Waals surface area contributed by atoms with Crippen LogP contribution in [0, 0.1) is 0 Å². The molecular weight excluding hydrogens is 292 g/mol. The summed E-state index contributed by atoms with van der Waals surface area (Å²) in [6, 6.07) is 10.1. The number of amides is 1. The van der Waals surface area contributed by atoms with E-state index in [-0.39, 0.29) is 11.9 Å². The van der Waals surface area contributed by atoms with E-state index in [2.05, 4.69) is 27.8 Å². The molecule has 1 N–H and O–H groups in total. The lowest BCUT2D eigenvalue weighted by molar-refractivity contribution is -0.122. The van der Waals surface area contributed by atoms with Gasteiger partial charge in [-0.05, 0) is 24.8 Å². The molecule has 0 saturated carbocycles. The molecule has 6 nitrogen and oxygen atoms in total. The van der Waals surface area contributed by atoms with Crippen molar-refractivity contribution in [1.29, 1.82) is 0 Å². The molecule has 0 fully saturated rings. The van der Waals surface area contributed by atoms with Crippen molar-refractivity contribution in [3.63, 3.8) is 0 Å². The molecule has 1 aliphatic heterocycles. The van der Waals surface area contributed by atoms with Crippen LogP contribution in [-0.2, 0) is 29.1 Å². The fourth-order valence-electron chi connectivity index (χ4n) is 2.78. The van der Waals surface area contributed by atoms with Crippen molar-refractivity contribution in [3.05, 3.63) is 47.8 Å². The van der Waals surface area contributed by atoms with E-state index in [1.165, 1.54) is 5.56 Å². The lowest BCUT2D eigenvalue weighted by Crippen LogP contribution is -2.40. The van der Waals surface area contributed by atoms with Crippen LogP contribution in [0.4, 0.5) is 0 Å². The maximum Gasteiger partial charge on any atom is 0.220 e. The smallest absolute Gasteiger partial charge is 0.220 e. The van der Waals surface area contributed by atoms with Crippen molar-refractivity contribution < 1.29 is 9.53 Å². The molecule has 2 aromatic rings. The molecule has 6 heteroatoms. The summed E-state index contributed by atoms with van der Waals surface area (Å²) in [5, 5.41) is 11.1. The third kappa shape index (κ3) is 4.63. The minimum absolute atomic E-state index is 0.0198. The molecule has 0 unspecified atom stereocenters. The number of carbonyl (C=O) groups is 1. The molecule has 122 valence electrons. The van der Waals surface area contributed by atoms with Gasteiger partial charge in [0.2, 0.25) is 5.91 Å². The standard InChI is InChI=1S/C17H22N4O2/c22-17-8-4-5-9-21-16(11-18-20-21)13-23-12-15(19-17)10-14-6-2-1-3-7-14/h1-3,6-7,11,15H,4-5,8-10,12-13H2,(H,19,22)/t15-/m0/s1. The molecule has 2 heterocycles. The van der Waals surface area contributed by atoms with Crippen molar-refractivity contribution in [2.45, 2.75) is 44.9 Å². The number of aryl methyl sites for hydroxylation is 1. The maximum atomic E-state index is 12.1. The van der Waals surface area contributed by atoms with Crippen LogP contribution in [0.5, 0.6) is 0 Å². The van der Waals surface area contributed by atoms with E-state index in [1.807, 2.05) is 22.9 Å². The SMILES string of the molecule is O=C1CCCCn2nncc2COC[C@H](Cc2ccccc2)N1. The molecule has 1 amide bonds. The largest absolute Gasteiger partial charge is 0.373 e. The summed E-state index contributed by atoms with van der Waals surface area (Å²) >= 11 is 0. The third-order valence-corrected chi connectivity index (χ3v) is 3.98. The van der Waals surface area contributed by atoms with Gasteiger partial charge in [0.05, 0.1) is 31.1 Å². The summed E-state index contributed by atoms with van der Waals surface area (Å²) in [4.78, 5) is 12.1. The van der Waals surface area contributed by atoms with Crippen LogP contribution < -0.4 is 5.32 Å². The fourth-order valence-corrected chi connectivity index (χ4v) is 2.78. The highest BCUT2D eigenvalue weighted by Crippen LogP contribution is 2.09. The predicted octanol–water partition coefficient (Wildman–Crippen LogP) is 1.71. The van der Waals surface area contributed by atoms with Crippen LogP contribution in [0.1, 0.15) is 30.5 Å². The van der Waals surface area contributed by atoms with Crippen LogP contribution in [0.25, 0.3) is 0 Å². The third-order valence-electron chi connectivity index (χ3n) is 3.98. The highest BCUT2D eigenvalue weighted by atomic mass is 16.5. The molecule has 0 spiro atoms. The summed E-state index contributed by atoms with van der Waals surface area (Å²) in [5.74, 6) is 0.0916. The van der Waals surface area contributed by atoms with Gasteiger partial charge >= 0.3 is 0 Å². The maximum absolute atomic E-state index is 12.1. The number of aromatic nitrogens is 3. The van der Waals surface area contributed by atoms with Gasteiger partial charge in [-0.3, -0.25) is 4.79 Å². The monoisotopic (exact) mass is 314 g/mol. The normalized spacial score (nSPS) is 20.0. The van der Waals surface area contributed by atoms with E-state index in [0.29, 0.717) is 19.6 Å². The zero-order chi connectivity index (χ0) is 15.9. The average molecular weight is 314 g/mol. The lowest BCUT2D eigenvalue weighted by atomic mass is 10.1. The van der Waals surface area contributed by atoms with Crippen molar-refractivity contribution in [1.82, 2.24) is 20.3 Å². The molecule has 1 aromatic carbocycles.